The molecule has 4 nitrogen and oxygen atoms in total. The van der Waals surface area contributed by atoms with Crippen molar-refractivity contribution in [3.05, 3.63) is 71.5 Å². The highest BCUT2D eigenvalue weighted by Crippen LogP contribution is 2.31. The summed E-state index contributed by atoms with van der Waals surface area (Å²) >= 11 is 1.32. The predicted molar refractivity (Wildman–Crippen MR) is 103 cm³/mol. The summed E-state index contributed by atoms with van der Waals surface area (Å²) < 4.78 is 18.4. The van der Waals surface area contributed by atoms with E-state index in [4.69, 9.17) is 4.74 Å². The Balaban J connectivity index is 1.81. The maximum Gasteiger partial charge on any atom is 0.249 e. The van der Waals surface area contributed by atoms with Crippen LogP contribution >= 0.6 is 11.3 Å². The molecule has 0 aliphatic rings. The molecule has 0 radical (unpaired) electrons. The second kappa shape index (κ2) is 7.93. The molecule has 1 heterocycles. The van der Waals surface area contributed by atoms with Crippen molar-refractivity contribution >= 4 is 27.8 Å². The molecule has 1 aromatic heterocycles. The highest BCUT2D eigenvalue weighted by Gasteiger charge is 2.12. The van der Waals surface area contributed by atoms with E-state index in [9.17, 15) is 9.18 Å². The van der Waals surface area contributed by atoms with E-state index in [-0.39, 0.29) is 11.7 Å². The quantitative estimate of drug-likeness (QED) is 0.645. The number of ether oxygens (including phenoxy) is 1. The van der Waals surface area contributed by atoms with Crippen molar-refractivity contribution in [3.63, 3.8) is 0 Å². The van der Waals surface area contributed by atoms with Crippen LogP contribution < -0.4 is 10.1 Å². The Kier molecular flexibility index (Phi) is 5.43. The van der Waals surface area contributed by atoms with E-state index in [1.165, 1.54) is 29.5 Å². The summed E-state index contributed by atoms with van der Waals surface area (Å²) in [5, 5.41) is 3.46. The van der Waals surface area contributed by atoms with Crippen molar-refractivity contribution < 1.29 is 13.9 Å². The van der Waals surface area contributed by atoms with Crippen LogP contribution in [0, 0.1) is 5.82 Å². The lowest BCUT2D eigenvalue weighted by molar-refractivity contribution is -0.111. The maximum atomic E-state index is 13.1. The number of nitrogens with one attached hydrogen (secondary N) is 1. The first-order valence-electron chi connectivity index (χ1n) is 7.90. The van der Waals surface area contributed by atoms with Crippen LogP contribution in [-0.2, 0) is 4.79 Å². The topological polar surface area (TPSA) is 51.2 Å². The number of allylic oxidation sites excluding steroid dienone is 1. The van der Waals surface area contributed by atoms with Gasteiger partial charge in [-0.1, -0.05) is 18.2 Å². The predicted octanol–water partition coefficient (Wildman–Crippen LogP) is 5.00. The Morgan fingerprint density at radius 1 is 1.19 bits per heavy atom. The first-order valence-corrected chi connectivity index (χ1v) is 8.78. The molecule has 26 heavy (non-hydrogen) atoms. The molecule has 0 aliphatic heterocycles. The molecule has 0 atom stereocenters. The Bertz CT molecular complexity index is 948. The van der Waals surface area contributed by atoms with Gasteiger partial charge < -0.3 is 10.1 Å². The molecular formula is C20H17FN2O2S. The molecule has 1 amide bonds. The lowest BCUT2D eigenvalue weighted by atomic mass is 10.1. The first kappa shape index (κ1) is 17.8. The van der Waals surface area contributed by atoms with Crippen LogP contribution in [0.25, 0.3) is 16.8 Å². The molecule has 0 aliphatic carbocycles. The number of methoxy groups -OCH3 is 1. The van der Waals surface area contributed by atoms with E-state index in [0.29, 0.717) is 16.4 Å². The fourth-order valence-electron chi connectivity index (χ4n) is 2.54. The van der Waals surface area contributed by atoms with Crippen molar-refractivity contribution in [2.24, 2.45) is 0 Å². The van der Waals surface area contributed by atoms with E-state index in [0.717, 1.165) is 16.7 Å². The number of carbonyl (C=O) groups excluding carboxylic acids is 1. The van der Waals surface area contributed by atoms with Crippen molar-refractivity contribution in [2.75, 3.05) is 12.4 Å². The fourth-order valence-corrected chi connectivity index (χ4v) is 3.25. The van der Waals surface area contributed by atoms with Crippen molar-refractivity contribution in [2.45, 2.75) is 6.92 Å². The van der Waals surface area contributed by atoms with Gasteiger partial charge in [-0.3, -0.25) is 4.79 Å². The average Bonchev–Trinajstić information content (AvgIpc) is 3.10. The molecule has 6 heteroatoms. The van der Waals surface area contributed by atoms with Gasteiger partial charge in [0.15, 0.2) is 0 Å². The molecule has 2 aromatic carbocycles. The molecule has 0 saturated carbocycles. The van der Waals surface area contributed by atoms with Crippen LogP contribution in [0.1, 0.15) is 12.5 Å². The van der Waals surface area contributed by atoms with Crippen molar-refractivity contribution in [3.8, 4) is 17.0 Å². The number of hydrogen-bond donors (Lipinski definition) is 1. The third-order valence-electron chi connectivity index (χ3n) is 3.80. The lowest BCUT2D eigenvalue weighted by Gasteiger charge is -2.08. The van der Waals surface area contributed by atoms with Crippen LogP contribution in [0.4, 0.5) is 9.39 Å². The lowest BCUT2D eigenvalue weighted by Crippen LogP contribution is -2.08. The number of benzene rings is 2. The molecule has 0 fully saturated rings. The van der Waals surface area contributed by atoms with Crippen LogP contribution in [0.2, 0.25) is 0 Å². The van der Waals surface area contributed by atoms with Crippen LogP contribution in [0.3, 0.4) is 0 Å². The first-order chi connectivity index (χ1) is 12.6. The number of anilines is 1. The van der Waals surface area contributed by atoms with Gasteiger partial charge in [-0.05, 0) is 42.8 Å². The summed E-state index contributed by atoms with van der Waals surface area (Å²) in [6, 6.07) is 13.5. The Labute approximate surface area is 155 Å². The molecule has 0 saturated heterocycles. The van der Waals surface area contributed by atoms with Gasteiger partial charge >= 0.3 is 0 Å². The van der Waals surface area contributed by atoms with E-state index < -0.39 is 0 Å². The minimum Gasteiger partial charge on any atom is -0.496 e. The number of carbonyl (C=O) groups is 1. The highest BCUT2D eigenvalue weighted by atomic mass is 32.1. The highest BCUT2D eigenvalue weighted by molar-refractivity contribution is 7.14. The molecule has 1 N–H and O–H groups in total. The normalized spacial score (nSPS) is 11.3. The summed E-state index contributed by atoms with van der Waals surface area (Å²) in [5.74, 6) is 0.129. The molecule has 0 bridgehead atoms. The van der Waals surface area contributed by atoms with Crippen LogP contribution in [0.15, 0.2) is 60.1 Å². The SMILES string of the molecule is COc1ccccc1/C(C)=C/C(=O)Nc1scnc1-c1ccc(F)cc1. The zero-order valence-electron chi connectivity index (χ0n) is 14.3. The number of halogens is 1. The van der Waals surface area contributed by atoms with Gasteiger partial charge in [0.2, 0.25) is 5.91 Å². The molecule has 0 spiro atoms. The standard InChI is InChI=1S/C20H17FN2O2S/c1-13(16-5-3-4-6-17(16)25-2)11-18(24)23-20-19(22-12-26-20)14-7-9-15(21)10-8-14/h3-12H,1-2H3,(H,23,24)/b13-11+. The zero-order valence-corrected chi connectivity index (χ0v) is 15.1. The Morgan fingerprint density at radius 2 is 1.92 bits per heavy atom. The largest absolute Gasteiger partial charge is 0.496 e. The van der Waals surface area contributed by atoms with Gasteiger partial charge in [0.25, 0.3) is 0 Å². The zero-order chi connectivity index (χ0) is 18.5. The van der Waals surface area contributed by atoms with E-state index in [1.807, 2.05) is 31.2 Å². The number of nitrogens with zero attached hydrogens (tertiary/aromatic N) is 1. The summed E-state index contributed by atoms with van der Waals surface area (Å²) in [7, 11) is 1.60. The van der Waals surface area contributed by atoms with Gasteiger partial charge in [0.1, 0.15) is 22.3 Å². The number of hydrogen-bond acceptors (Lipinski definition) is 4. The number of para-hydroxylation sites is 1. The molecule has 132 valence electrons. The summed E-state index contributed by atoms with van der Waals surface area (Å²) in [6.07, 6.45) is 1.52. The third-order valence-corrected chi connectivity index (χ3v) is 4.54. The van der Waals surface area contributed by atoms with E-state index >= 15 is 0 Å². The van der Waals surface area contributed by atoms with Gasteiger partial charge in [0.05, 0.1) is 12.6 Å². The smallest absolute Gasteiger partial charge is 0.249 e. The second-order valence-corrected chi connectivity index (χ2v) is 6.41. The van der Waals surface area contributed by atoms with Crippen LogP contribution in [-0.4, -0.2) is 18.0 Å². The van der Waals surface area contributed by atoms with Gasteiger partial charge in [-0.25, -0.2) is 9.37 Å². The monoisotopic (exact) mass is 368 g/mol. The van der Waals surface area contributed by atoms with Gasteiger partial charge in [-0.15, -0.1) is 11.3 Å². The fraction of sp³-hybridized carbons (Fsp3) is 0.100. The summed E-state index contributed by atoms with van der Waals surface area (Å²) in [6.45, 7) is 1.85. The number of amides is 1. The number of rotatable bonds is 5. The van der Waals surface area contributed by atoms with Gasteiger partial charge in [-0.2, -0.15) is 0 Å². The molecule has 0 unspecified atom stereocenters. The van der Waals surface area contributed by atoms with Crippen LogP contribution in [0.5, 0.6) is 5.75 Å². The second-order valence-electron chi connectivity index (χ2n) is 5.55. The number of aromatic nitrogens is 1. The average molecular weight is 368 g/mol. The molecular weight excluding hydrogens is 351 g/mol. The van der Waals surface area contributed by atoms with Gasteiger partial charge in [0, 0.05) is 17.2 Å². The summed E-state index contributed by atoms with van der Waals surface area (Å²) in [4.78, 5) is 16.7. The van der Waals surface area contributed by atoms with E-state index in [2.05, 4.69) is 10.3 Å². The number of thiazole rings is 1. The maximum absolute atomic E-state index is 13.1. The molecule has 3 rings (SSSR count). The summed E-state index contributed by atoms with van der Waals surface area (Å²) in [5.41, 5.74) is 4.64. The Morgan fingerprint density at radius 3 is 2.65 bits per heavy atom. The third kappa shape index (κ3) is 3.97. The van der Waals surface area contributed by atoms with Crippen molar-refractivity contribution in [1.29, 1.82) is 0 Å². The molecule has 3 aromatic rings. The van der Waals surface area contributed by atoms with E-state index in [1.54, 1.807) is 24.8 Å². The minimum absolute atomic E-state index is 0.263. The van der Waals surface area contributed by atoms with Crippen molar-refractivity contribution in [1.82, 2.24) is 4.98 Å². The Hall–Kier alpha value is -2.99. The minimum atomic E-state index is -0.315.